The molecule has 0 radical (unpaired) electrons. The summed E-state index contributed by atoms with van der Waals surface area (Å²) in [6, 6.07) is 21.5. The summed E-state index contributed by atoms with van der Waals surface area (Å²) in [5.74, 6) is 0.0819. The zero-order chi connectivity index (χ0) is 27.0. The molecule has 2 fully saturated rings. The molecule has 2 aliphatic heterocycles. The maximum Gasteiger partial charge on any atom is 0.257 e. The van der Waals surface area contributed by atoms with Crippen LogP contribution in [0.1, 0.15) is 66.8 Å². The van der Waals surface area contributed by atoms with Crippen molar-refractivity contribution in [2.24, 2.45) is 0 Å². The number of amides is 1. The average molecular weight is 514 g/mol. The number of hydrogen-bond acceptors (Lipinski definition) is 5. The highest BCUT2D eigenvalue weighted by Gasteiger charge is 2.39. The van der Waals surface area contributed by atoms with Gasteiger partial charge in [-0.05, 0) is 70.6 Å². The third-order valence-corrected chi connectivity index (χ3v) is 8.22. The summed E-state index contributed by atoms with van der Waals surface area (Å²) in [7, 11) is 0. The molecular weight excluding hydrogens is 470 g/mol. The number of rotatable bonds is 5. The van der Waals surface area contributed by atoms with Crippen LogP contribution in [0.4, 0.5) is 5.69 Å². The lowest BCUT2D eigenvalue weighted by Crippen LogP contribution is -2.57. The van der Waals surface area contributed by atoms with Gasteiger partial charge in [0, 0.05) is 43.4 Å². The van der Waals surface area contributed by atoms with Crippen LogP contribution in [-0.4, -0.2) is 63.4 Å². The fourth-order valence-corrected chi connectivity index (χ4v) is 5.62. The number of nitrogens with one attached hydrogen (secondary N) is 1. The lowest BCUT2D eigenvalue weighted by molar-refractivity contribution is 0.0186. The van der Waals surface area contributed by atoms with E-state index < -0.39 is 0 Å². The Morgan fingerprint density at radius 3 is 1.97 bits per heavy atom. The second-order valence-corrected chi connectivity index (χ2v) is 10.8. The lowest BCUT2D eigenvalue weighted by Gasteiger charge is -2.49. The van der Waals surface area contributed by atoms with E-state index in [1.165, 1.54) is 17.6 Å². The molecule has 1 aromatic heterocycles. The van der Waals surface area contributed by atoms with Crippen molar-refractivity contribution in [3.8, 4) is 0 Å². The van der Waals surface area contributed by atoms with Gasteiger partial charge in [-0.15, -0.1) is 0 Å². The van der Waals surface area contributed by atoms with Gasteiger partial charge in [-0.3, -0.25) is 9.69 Å². The molecule has 2 aromatic carbocycles. The minimum absolute atomic E-state index is 0.0819. The lowest BCUT2D eigenvalue weighted by atomic mass is 9.85. The molecule has 0 spiro atoms. The molecule has 2 saturated heterocycles. The van der Waals surface area contributed by atoms with E-state index in [2.05, 4.69) is 88.6 Å². The minimum Gasteiger partial charge on any atom is -0.382 e. The standard InChI is InChI=1S/C24H33N5O.C8H10/c1-18-22(19(2)26-17-25-18)23(30)28-15-11-24(3,12-16-28)29-13-9-21(10-14-29)27-20-7-5-4-6-8-20;1-2-8-6-4-3-5-7-8/h4-8,17,21,27H,9-16H2,1-3H3;3-7H,2H2,1H3. The van der Waals surface area contributed by atoms with Gasteiger partial charge in [0.1, 0.15) is 6.33 Å². The van der Waals surface area contributed by atoms with Crippen molar-refractivity contribution in [2.45, 2.75) is 71.4 Å². The summed E-state index contributed by atoms with van der Waals surface area (Å²) in [5, 5.41) is 3.68. The fraction of sp³-hybridized carbons (Fsp3) is 0.469. The number of aromatic nitrogens is 2. The zero-order valence-corrected chi connectivity index (χ0v) is 23.5. The van der Waals surface area contributed by atoms with E-state index in [1.54, 1.807) is 0 Å². The number of likely N-dealkylation sites (tertiary alicyclic amines) is 2. The molecule has 6 nitrogen and oxygen atoms in total. The normalized spacial score (nSPS) is 17.8. The van der Waals surface area contributed by atoms with Crippen molar-refractivity contribution < 1.29 is 4.79 Å². The number of carbonyl (C=O) groups is 1. The SMILES string of the molecule is CCc1ccccc1.Cc1ncnc(C)c1C(=O)N1CCC(C)(N2CCC(Nc3ccccc3)CC2)CC1. The smallest absolute Gasteiger partial charge is 0.257 e. The Balaban J connectivity index is 0.000000360. The van der Waals surface area contributed by atoms with Gasteiger partial charge in [-0.2, -0.15) is 0 Å². The van der Waals surface area contributed by atoms with Crippen molar-refractivity contribution in [1.82, 2.24) is 19.8 Å². The van der Waals surface area contributed by atoms with Crippen molar-refractivity contribution >= 4 is 11.6 Å². The molecule has 0 atom stereocenters. The summed E-state index contributed by atoms with van der Waals surface area (Å²) in [6.45, 7) is 12.1. The Morgan fingerprint density at radius 2 is 1.45 bits per heavy atom. The molecule has 0 saturated carbocycles. The molecule has 202 valence electrons. The van der Waals surface area contributed by atoms with Crippen LogP contribution in [-0.2, 0) is 6.42 Å². The Hall–Kier alpha value is -3.25. The third kappa shape index (κ3) is 6.98. The highest BCUT2D eigenvalue weighted by molar-refractivity contribution is 5.96. The third-order valence-electron chi connectivity index (χ3n) is 8.22. The molecule has 0 aliphatic carbocycles. The number of nitrogens with zero attached hydrogens (tertiary/aromatic N) is 4. The molecule has 1 amide bonds. The highest BCUT2D eigenvalue weighted by atomic mass is 16.2. The van der Waals surface area contributed by atoms with Gasteiger partial charge in [0.2, 0.25) is 0 Å². The quantitative estimate of drug-likeness (QED) is 0.459. The molecule has 3 aromatic rings. The second kappa shape index (κ2) is 13.0. The first-order chi connectivity index (χ1) is 18.4. The number of hydrogen-bond donors (Lipinski definition) is 1. The first-order valence-corrected chi connectivity index (χ1v) is 14.1. The molecule has 1 N–H and O–H groups in total. The number of aryl methyl sites for hydroxylation is 3. The van der Waals surface area contributed by atoms with Crippen molar-refractivity contribution in [3.05, 3.63) is 89.5 Å². The highest BCUT2D eigenvalue weighted by Crippen LogP contribution is 2.32. The van der Waals surface area contributed by atoms with Crippen LogP contribution in [0.15, 0.2) is 67.0 Å². The van der Waals surface area contributed by atoms with E-state index in [4.69, 9.17) is 0 Å². The van der Waals surface area contributed by atoms with Crippen LogP contribution in [0, 0.1) is 13.8 Å². The monoisotopic (exact) mass is 513 g/mol. The largest absolute Gasteiger partial charge is 0.382 e. The molecule has 2 aliphatic rings. The maximum atomic E-state index is 13.1. The van der Waals surface area contributed by atoms with Crippen molar-refractivity contribution in [2.75, 3.05) is 31.5 Å². The van der Waals surface area contributed by atoms with Crippen LogP contribution in [0.25, 0.3) is 0 Å². The first kappa shape index (κ1) is 27.8. The van der Waals surface area contributed by atoms with Gasteiger partial charge in [-0.1, -0.05) is 55.5 Å². The summed E-state index contributed by atoms with van der Waals surface area (Å²) in [5.41, 5.74) is 5.01. The van der Waals surface area contributed by atoms with Crippen LogP contribution < -0.4 is 5.32 Å². The van der Waals surface area contributed by atoms with Gasteiger partial charge in [0.05, 0.1) is 17.0 Å². The Bertz CT molecular complexity index is 1130. The minimum atomic E-state index is 0.0819. The van der Waals surface area contributed by atoms with E-state index in [1.807, 2.05) is 24.8 Å². The molecule has 0 bridgehead atoms. The van der Waals surface area contributed by atoms with E-state index in [0.29, 0.717) is 11.6 Å². The average Bonchev–Trinajstić information content (AvgIpc) is 2.95. The van der Waals surface area contributed by atoms with Gasteiger partial charge >= 0.3 is 0 Å². The molecule has 3 heterocycles. The molecule has 0 unspecified atom stereocenters. The van der Waals surface area contributed by atoms with E-state index >= 15 is 0 Å². The maximum absolute atomic E-state index is 13.1. The number of carbonyl (C=O) groups excluding carboxylic acids is 1. The van der Waals surface area contributed by atoms with Crippen LogP contribution in [0.3, 0.4) is 0 Å². The molecule has 6 heteroatoms. The van der Waals surface area contributed by atoms with Gasteiger partial charge < -0.3 is 10.2 Å². The topological polar surface area (TPSA) is 61.4 Å². The first-order valence-electron chi connectivity index (χ1n) is 14.1. The van der Waals surface area contributed by atoms with E-state index in [9.17, 15) is 4.79 Å². The summed E-state index contributed by atoms with van der Waals surface area (Å²) in [6.07, 6.45) is 7.02. The Labute approximate surface area is 228 Å². The Morgan fingerprint density at radius 1 is 0.895 bits per heavy atom. The molecular formula is C32H43N5O. The Kier molecular flexibility index (Phi) is 9.51. The fourth-order valence-electron chi connectivity index (χ4n) is 5.62. The number of benzene rings is 2. The van der Waals surface area contributed by atoms with E-state index in [-0.39, 0.29) is 11.4 Å². The summed E-state index contributed by atoms with van der Waals surface area (Å²) >= 11 is 0. The summed E-state index contributed by atoms with van der Waals surface area (Å²) < 4.78 is 0. The van der Waals surface area contributed by atoms with Crippen LogP contribution in [0.5, 0.6) is 0 Å². The van der Waals surface area contributed by atoms with E-state index in [0.717, 1.165) is 69.7 Å². The van der Waals surface area contributed by atoms with Gasteiger partial charge in [0.15, 0.2) is 0 Å². The number of piperidine rings is 2. The second-order valence-electron chi connectivity index (χ2n) is 10.8. The van der Waals surface area contributed by atoms with Gasteiger partial charge in [-0.25, -0.2) is 9.97 Å². The predicted octanol–water partition coefficient (Wildman–Crippen LogP) is 5.91. The summed E-state index contributed by atoms with van der Waals surface area (Å²) in [4.78, 5) is 26.2. The van der Waals surface area contributed by atoms with Crippen molar-refractivity contribution in [3.63, 3.8) is 0 Å². The number of anilines is 1. The van der Waals surface area contributed by atoms with Crippen molar-refractivity contribution in [1.29, 1.82) is 0 Å². The molecule has 38 heavy (non-hydrogen) atoms. The predicted molar refractivity (Wildman–Crippen MR) is 156 cm³/mol. The van der Waals surface area contributed by atoms with Crippen LogP contribution >= 0.6 is 0 Å². The van der Waals surface area contributed by atoms with Crippen LogP contribution in [0.2, 0.25) is 0 Å². The van der Waals surface area contributed by atoms with Gasteiger partial charge in [0.25, 0.3) is 5.91 Å². The molecule has 5 rings (SSSR count). The zero-order valence-electron chi connectivity index (χ0n) is 23.5. The number of para-hydroxylation sites is 1.